The van der Waals surface area contributed by atoms with Gasteiger partial charge in [0.2, 0.25) is 6.41 Å². The van der Waals surface area contributed by atoms with Crippen molar-refractivity contribution in [2.75, 3.05) is 6.54 Å². The van der Waals surface area contributed by atoms with Crippen LogP contribution in [0.1, 0.15) is 76.9 Å². The van der Waals surface area contributed by atoms with Crippen LogP contribution < -0.4 is 11.0 Å². The first-order chi connectivity index (χ1) is 23.4. The second-order valence-electron chi connectivity index (χ2n) is 18.8. The first-order valence-corrected chi connectivity index (χ1v) is 18.2. The summed E-state index contributed by atoms with van der Waals surface area (Å²) in [5.74, 6) is 3.04. The monoisotopic (exact) mass is 684 g/mol. The number of carbonyl (C=O) groups excluding carboxylic acids is 1. The number of fused-ring (bicyclic) bond motifs is 7. The van der Waals surface area contributed by atoms with Crippen LogP contribution in [0.4, 0.5) is 9.18 Å². The maximum absolute atomic E-state index is 14.9. The SMILES string of the molecule is Cc1cc(-n2nc3c(c2-n2ccn(C45C6C7C8(NC(=O)OC(C)(C)C)C9C4C94C8C76C45)c2=O)[C@H](C)N(C(O)OC(C)(C)C)CC3)cc(C)c1F. The molecule has 1 aromatic carbocycles. The van der Waals surface area contributed by atoms with E-state index >= 15 is 0 Å². The smallest absolute Gasteiger partial charge is 0.408 e. The van der Waals surface area contributed by atoms with Gasteiger partial charge in [0, 0.05) is 37.0 Å². The Morgan fingerprint density at radius 3 is 2.26 bits per heavy atom. The van der Waals surface area contributed by atoms with E-state index in [1.54, 1.807) is 35.2 Å². The van der Waals surface area contributed by atoms with Crippen molar-refractivity contribution >= 4 is 6.09 Å². The first kappa shape index (κ1) is 30.2. The predicted octanol–water partition coefficient (Wildman–Crippen LogP) is 4.31. The molecule has 12 heteroatoms. The van der Waals surface area contributed by atoms with Crippen molar-refractivity contribution in [3.63, 3.8) is 0 Å². The van der Waals surface area contributed by atoms with Gasteiger partial charge in [-0.25, -0.2) is 23.6 Å². The molecule has 8 aliphatic rings. The maximum atomic E-state index is 14.9. The van der Waals surface area contributed by atoms with Crippen LogP contribution in [0.2, 0.25) is 0 Å². The Morgan fingerprint density at radius 1 is 1.02 bits per heavy atom. The third kappa shape index (κ3) is 2.74. The van der Waals surface area contributed by atoms with Crippen LogP contribution >= 0.6 is 0 Å². The predicted molar refractivity (Wildman–Crippen MR) is 178 cm³/mol. The van der Waals surface area contributed by atoms with E-state index in [-0.39, 0.29) is 34.7 Å². The van der Waals surface area contributed by atoms with Crippen LogP contribution in [0.5, 0.6) is 0 Å². The van der Waals surface area contributed by atoms with Crippen molar-refractivity contribution in [1.29, 1.82) is 0 Å². The Labute approximate surface area is 289 Å². The summed E-state index contributed by atoms with van der Waals surface area (Å²) in [6.45, 7) is 17.5. The number of nitrogens with zero attached hydrogens (tertiary/aromatic N) is 5. The van der Waals surface area contributed by atoms with E-state index in [9.17, 15) is 19.1 Å². The molecule has 11 nitrogen and oxygen atoms in total. The Bertz CT molecular complexity index is 2130. The lowest BCUT2D eigenvalue weighted by Crippen LogP contribution is -2.92. The lowest BCUT2D eigenvalue weighted by molar-refractivity contribution is -0.389. The van der Waals surface area contributed by atoms with E-state index < -0.39 is 17.6 Å². The summed E-state index contributed by atoms with van der Waals surface area (Å²) in [4.78, 5) is 29.8. The van der Waals surface area contributed by atoms with Crippen LogP contribution in [0.15, 0.2) is 29.3 Å². The minimum Gasteiger partial charge on any atom is -0.444 e. The summed E-state index contributed by atoms with van der Waals surface area (Å²) in [6.07, 6.45) is 2.94. The summed E-state index contributed by atoms with van der Waals surface area (Å²) >= 11 is 0. The molecular formula is C38H45FN6O5. The number of aryl methyl sites for hydroxylation is 2. The van der Waals surface area contributed by atoms with Gasteiger partial charge in [0.15, 0.2) is 0 Å². The van der Waals surface area contributed by atoms with Gasteiger partial charge in [0.1, 0.15) is 17.2 Å². The zero-order valence-corrected chi connectivity index (χ0v) is 30.0. The summed E-state index contributed by atoms with van der Waals surface area (Å²) in [6, 6.07) is 3.24. The van der Waals surface area contributed by atoms with Gasteiger partial charge < -0.3 is 19.9 Å². The third-order valence-electron chi connectivity index (χ3n) is 14.6. The van der Waals surface area contributed by atoms with Gasteiger partial charge in [0.25, 0.3) is 0 Å². The third-order valence-corrected chi connectivity index (χ3v) is 14.6. The average molecular weight is 685 g/mol. The number of benzene rings is 1. The highest BCUT2D eigenvalue weighted by atomic mass is 19.1. The van der Waals surface area contributed by atoms with Crippen molar-refractivity contribution in [3.8, 4) is 11.5 Å². The van der Waals surface area contributed by atoms with Gasteiger partial charge >= 0.3 is 11.8 Å². The minimum absolute atomic E-state index is 0.100. The van der Waals surface area contributed by atoms with E-state index in [0.717, 1.165) is 11.3 Å². The molecular weight excluding hydrogens is 639 g/mol. The van der Waals surface area contributed by atoms with Gasteiger partial charge in [-0.1, -0.05) is 0 Å². The maximum Gasteiger partial charge on any atom is 0.408 e. The standard InChI is InChI=1S/C38H45FN6O5/c1-16-14-19(15-17(2)22(16)39)45-27(21-18(3)42(11-10-20(21)41-45)32(48)50-34(7,8)9)43-12-13-44(31(43)47)38-25-23-35(25)28-36(29(35)38)24(26(36)38)37(23,28)40-30(46)49-33(4,5)6/h12-15,18,23-26,28-29,32,48H,10-11H2,1-9H3,(H,40,46)/t18-,23?,24?,25?,26?,28?,29?,32?,35?,36?,37?,38?/m0/s1. The van der Waals surface area contributed by atoms with Gasteiger partial charge in [-0.3, -0.25) is 9.13 Å². The van der Waals surface area contributed by atoms with E-state index in [2.05, 4.69) is 5.32 Å². The number of alkyl carbamates (subject to hydrolysis) is 1. The van der Waals surface area contributed by atoms with E-state index in [4.69, 9.17) is 14.6 Å². The molecule has 3 heterocycles. The molecule has 2 spiro atoms. The molecule has 7 aliphatic carbocycles. The van der Waals surface area contributed by atoms with E-state index in [0.29, 0.717) is 81.9 Å². The fourth-order valence-electron chi connectivity index (χ4n) is 14.2. The normalized spacial score (nSPS) is 41.9. The highest BCUT2D eigenvalue weighted by Gasteiger charge is 3.31. The second-order valence-corrected chi connectivity index (χ2v) is 18.8. The largest absolute Gasteiger partial charge is 0.444 e. The number of hydrogen-bond acceptors (Lipinski definition) is 7. The lowest BCUT2D eigenvalue weighted by atomic mass is 9.19. The van der Waals surface area contributed by atoms with Gasteiger partial charge in [-0.05, 0) is 132 Å². The second kappa shape index (κ2) is 8.10. The molecule has 7 unspecified atom stereocenters. The number of aliphatic hydroxyl groups is 1. The molecule has 8 atom stereocenters. The molecule has 2 N–H and O–H groups in total. The molecule has 7 saturated carbocycles. The molecule has 0 bridgehead atoms. The molecule has 50 heavy (non-hydrogen) atoms. The number of aliphatic hydroxyl groups excluding tert-OH is 1. The zero-order valence-electron chi connectivity index (χ0n) is 30.0. The number of aromatic nitrogens is 4. The highest BCUT2D eigenvalue weighted by molar-refractivity contribution is 5.83. The van der Waals surface area contributed by atoms with E-state index in [1.807, 2.05) is 70.3 Å². The number of ether oxygens (including phenoxy) is 2. The topological polar surface area (TPSA) is 116 Å². The van der Waals surface area contributed by atoms with Crippen LogP contribution in [-0.2, 0) is 21.4 Å². The van der Waals surface area contributed by atoms with Gasteiger partial charge in [-0.15, -0.1) is 0 Å². The number of amides is 1. The quantitative estimate of drug-likeness (QED) is 0.372. The number of carbonyl (C=O) groups is 1. The molecule has 7 fully saturated rings. The molecule has 1 aliphatic heterocycles. The van der Waals surface area contributed by atoms with Gasteiger partial charge in [0.05, 0.1) is 28.1 Å². The number of rotatable bonds is 6. The Hall–Kier alpha value is -3.48. The summed E-state index contributed by atoms with van der Waals surface area (Å²) in [5, 5.41) is 19.7. The molecule has 0 radical (unpaired) electrons. The molecule has 0 saturated heterocycles. The summed E-state index contributed by atoms with van der Waals surface area (Å²) < 4.78 is 32.1. The highest BCUT2D eigenvalue weighted by Crippen LogP contribution is 3.27. The fraction of sp³-hybridized carbons (Fsp3) is 0.658. The Morgan fingerprint density at radius 2 is 1.66 bits per heavy atom. The van der Waals surface area contributed by atoms with Crippen LogP contribution in [0.25, 0.3) is 11.5 Å². The van der Waals surface area contributed by atoms with Crippen molar-refractivity contribution in [1.82, 2.24) is 29.1 Å². The van der Waals surface area contributed by atoms with E-state index in [1.165, 1.54) is 0 Å². The van der Waals surface area contributed by atoms with Crippen LogP contribution in [-0.4, -0.2) is 64.7 Å². The molecule has 264 valence electrons. The number of imidazole rings is 1. The Kier molecular flexibility index (Phi) is 4.89. The average Bonchev–Trinajstić information content (AvgIpc) is 3.76. The number of nitrogens with one attached hydrogen (secondary N) is 1. The van der Waals surface area contributed by atoms with Crippen LogP contribution in [0.3, 0.4) is 0 Å². The van der Waals surface area contributed by atoms with Crippen molar-refractivity contribution in [3.05, 3.63) is 63.2 Å². The number of hydrogen-bond donors (Lipinski definition) is 2. The fourth-order valence-corrected chi connectivity index (χ4v) is 14.2. The number of halogens is 1. The molecule has 11 rings (SSSR count). The zero-order chi connectivity index (χ0) is 35.2. The lowest BCUT2D eigenvalue weighted by Gasteiger charge is -2.86. The molecule has 1 amide bonds. The summed E-state index contributed by atoms with van der Waals surface area (Å²) in [7, 11) is 0. The van der Waals surface area contributed by atoms with Gasteiger partial charge in [-0.2, -0.15) is 5.10 Å². The van der Waals surface area contributed by atoms with Crippen molar-refractivity contribution in [2.24, 2.45) is 46.3 Å². The minimum atomic E-state index is -1.14. The first-order valence-electron chi connectivity index (χ1n) is 18.2. The van der Waals surface area contributed by atoms with Crippen molar-refractivity contribution < 1.29 is 23.8 Å². The summed E-state index contributed by atoms with van der Waals surface area (Å²) in [5.41, 5.74) is 2.43. The molecule has 3 aromatic rings. The molecule has 2 aromatic heterocycles. The van der Waals surface area contributed by atoms with Crippen LogP contribution in [0, 0.1) is 66.0 Å². The van der Waals surface area contributed by atoms with Crippen molar-refractivity contribution in [2.45, 2.75) is 103 Å². The Balaban J connectivity index is 0.994.